The summed E-state index contributed by atoms with van der Waals surface area (Å²) in [6.07, 6.45) is 2.30. The summed E-state index contributed by atoms with van der Waals surface area (Å²) in [5.41, 5.74) is 2.79. The summed E-state index contributed by atoms with van der Waals surface area (Å²) in [6.45, 7) is 3.40. The first-order chi connectivity index (χ1) is 14.1. The Bertz CT molecular complexity index is 987. The van der Waals surface area contributed by atoms with Crippen molar-refractivity contribution in [3.63, 3.8) is 0 Å². The molecule has 8 heteroatoms. The van der Waals surface area contributed by atoms with Crippen molar-refractivity contribution in [3.05, 3.63) is 34.2 Å². The normalized spacial score (nSPS) is 19.7. The summed E-state index contributed by atoms with van der Waals surface area (Å²) >= 11 is 0. The van der Waals surface area contributed by atoms with Crippen molar-refractivity contribution < 1.29 is 18.9 Å². The van der Waals surface area contributed by atoms with Gasteiger partial charge in [0, 0.05) is 44.1 Å². The average molecular weight is 399 g/mol. The molecule has 0 atom stereocenters. The van der Waals surface area contributed by atoms with E-state index in [0.717, 1.165) is 49.2 Å². The first-order valence-corrected chi connectivity index (χ1v) is 10.0. The van der Waals surface area contributed by atoms with E-state index in [2.05, 4.69) is 9.88 Å². The Kier molecular flexibility index (Phi) is 4.48. The lowest BCUT2D eigenvalue weighted by molar-refractivity contribution is -0.169. The summed E-state index contributed by atoms with van der Waals surface area (Å²) in [7, 11) is 3.25. The Morgan fingerprint density at radius 3 is 2.38 bits per heavy atom. The second-order valence-corrected chi connectivity index (χ2v) is 7.64. The average Bonchev–Trinajstić information content (AvgIpc) is 3.20. The largest absolute Gasteiger partial charge is 0.493 e. The number of piperidine rings is 1. The lowest BCUT2D eigenvalue weighted by Crippen LogP contribution is -2.46. The first kappa shape index (κ1) is 18.4. The number of methoxy groups -OCH3 is 2. The highest BCUT2D eigenvalue weighted by Crippen LogP contribution is 2.39. The van der Waals surface area contributed by atoms with Crippen molar-refractivity contribution in [3.8, 4) is 22.8 Å². The van der Waals surface area contributed by atoms with Gasteiger partial charge < -0.3 is 23.8 Å². The highest BCUT2D eigenvalue weighted by molar-refractivity contribution is 5.72. The molecular formula is C21H25N3O5. The molecular weight excluding hydrogens is 374 g/mol. The van der Waals surface area contributed by atoms with Gasteiger partial charge in [-0.15, -0.1) is 0 Å². The maximum absolute atomic E-state index is 12.8. The Morgan fingerprint density at radius 2 is 1.69 bits per heavy atom. The van der Waals surface area contributed by atoms with E-state index in [1.54, 1.807) is 18.8 Å². The third-order valence-corrected chi connectivity index (χ3v) is 6.15. The van der Waals surface area contributed by atoms with Gasteiger partial charge in [-0.25, -0.2) is 4.79 Å². The van der Waals surface area contributed by atoms with E-state index in [4.69, 9.17) is 18.9 Å². The molecule has 0 aliphatic carbocycles. The van der Waals surface area contributed by atoms with Crippen molar-refractivity contribution >= 4 is 5.82 Å². The van der Waals surface area contributed by atoms with Crippen LogP contribution in [0.15, 0.2) is 23.0 Å². The lowest BCUT2D eigenvalue weighted by atomic mass is 9.96. The van der Waals surface area contributed by atoms with Gasteiger partial charge in [-0.1, -0.05) is 0 Å². The fourth-order valence-corrected chi connectivity index (χ4v) is 4.56. The van der Waals surface area contributed by atoms with E-state index in [9.17, 15) is 4.79 Å². The molecule has 8 nitrogen and oxygen atoms in total. The predicted octanol–water partition coefficient (Wildman–Crippen LogP) is 1.83. The first-order valence-electron chi connectivity index (χ1n) is 10.0. The number of benzene rings is 1. The molecule has 0 amide bonds. The molecule has 2 aromatic rings. The molecule has 154 valence electrons. The summed E-state index contributed by atoms with van der Waals surface area (Å²) < 4.78 is 24.3. The SMILES string of the molecule is COc1cc2c(cc1OC)-c1cc(N3CCC4(CC3)OCCO4)nc(=O)n1CC2. The van der Waals surface area contributed by atoms with E-state index >= 15 is 0 Å². The summed E-state index contributed by atoms with van der Waals surface area (Å²) in [6, 6.07) is 5.97. The minimum Gasteiger partial charge on any atom is -0.493 e. The number of nitrogens with zero attached hydrogens (tertiary/aromatic N) is 3. The van der Waals surface area contributed by atoms with Crippen LogP contribution in [0.1, 0.15) is 18.4 Å². The van der Waals surface area contributed by atoms with Gasteiger partial charge in [0.1, 0.15) is 5.82 Å². The van der Waals surface area contributed by atoms with Gasteiger partial charge in [0.05, 0.1) is 33.1 Å². The van der Waals surface area contributed by atoms with Crippen molar-refractivity contribution in [2.75, 3.05) is 45.4 Å². The highest BCUT2D eigenvalue weighted by Gasteiger charge is 2.40. The van der Waals surface area contributed by atoms with Gasteiger partial charge in [0.2, 0.25) is 0 Å². The van der Waals surface area contributed by atoms with E-state index in [1.165, 1.54) is 0 Å². The quantitative estimate of drug-likeness (QED) is 0.779. The molecule has 1 aromatic heterocycles. The van der Waals surface area contributed by atoms with E-state index in [-0.39, 0.29) is 5.69 Å². The summed E-state index contributed by atoms with van der Waals surface area (Å²) in [5.74, 6) is 1.61. The zero-order valence-corrected chi connectivity index (χ0v) is 16.8. The molecule has 2 saturated heterocycles. The number of aryl methyl sites for hydroxylation is 1. The minimum atomic E-state index is -0.448. The molecule has 3 aliphatic rings. The molecule has 0 bridgehead atoms. The topological polar surface area (TPSA) is 75.1 Å². The highest BCUT2D eigenvalue weighted by atomic mass is 16.7. The molecule has 1 aromatic carbocycles. The fourth-order valence-electron chi connectivity index (χ4n) is 4.56. The van der Waals surface area contributed by atoms with E-state index in [0.29, 0.717) is 37.1 Å². The molecule has 0 saturated carbocycles. The van der Waals surface area contributed by atoms with Crippen LogP contribution in [0, 0.1) is 0 Å². The van der Waals surface area contributed by atoms with Crippen molar-refractivity contribution in [1.82, 2.24) is 9.55 Å². The van der Waals surface area contributed by atoms with Crippen LogP contribution in [0.5, 0.6) is 11.5 Å². The van der Waals surface area contributed by atoms with Crippen LogP contribution < -0.4 is 20.1 Å². The minimum absolute atomic E-state index is 0.216. The molecule has 0 radical (unpaired) electrons. The third-order valence-electron chi connectivity index (χ3n) is 6.15. The Morgan fingerprint density at radius 1 is 1.00 bits per heavy atom. The fraction of sp³-hybridized carbons (Fsp3) is 0.524. The zero-order valence-electron chi connectivity index (χ0n) is 16.8. The van der Waals surface area contributed by atoms with Gasteiger partial charge in [-0.2, -0.15) is 4.98 Å². The van der Waals surface area contributed by atoms with Crippen LogP contribution in [0.3, 0.4) is 0 Å². The Hall–Kier alpha value is -2.58. The Balaban J connectivity index is 1.51. The molecule has 3 aliphatic heterocycles. The van der Waals surface area contributed by atoms with Gasteiger partial charge in [-0.3, -0.25) is 4.57 Å². The number of fused-ring (bicyclic) bond motifs is 3. The number of hydrogen-bond donors (Lipinski definition) is 0. The smallest absolute Gasteiger partial charge is 0.350 e. The molecule has 0 N–H and O–H groups in total. The van der Waals surface area contributed by atoms with Gasteiger partial charge in [0.15, 0.2) is 17.3 Å². The van der Waals surface area contributed by atoms with Crippen LogP contribution >= 0.6 is 0 Å². The second-order valence-electron chi connectivity index (χ2n) is 7.64. The monoisotopic (exact) mass is 399 g/mol. The maximum atomic E-state index is 12.8. The van der Waals surface area contributed by atoms with Gasteiger partial charge in [-0.05, 0) is 24.1 Å². The van der Waals surface area contributed by atoms with E-state index in [1.807, 2.05) is 18.2 Å². The summed E-state index contributed by atoms with van der Waals surface area (Å²) in [5, 5.41) is 0. The van der Waals surface area contributed by atoms with Crippen molar-refractivity contribution in [1.29, 1.82) is 0 Å². The predicted molar refractivity (Wildman–Crippen MR) is 107 cm³/mol. The lowest BCUT2D eigenvalue weighted by Gasteiger charge is -2.38. The van der Waals surface area contributed by atoms with Crippen LogP contribution in [0.2, 0.25) is 0 Å². The number of rotatable bonds is 3. The number of hydrogen-bond acceptors (Lipinski definition) is 7. The van der Waals surface area contributed by atoms with Crippen LogP contribution in [-0.2, 0) is 22.4 Å². The van der Waals surface area contributed by atoms with Crippen molar-refractivity contribution in [2.45, 2.75) is 31.6 Å². The molecule has 1 spiro atoms. The molecule has 5 rings (SSSR count). The zero-order chi connectivity index (χ0) is 20.0. The number of aromatic nitrogens is 2. The van der Waals surface area contributed by atoms with Crippen LogP contribution in [0.4, 0.5) is 5.82 Å². The maximum Gasteiger partial charge on any atom is 0.350 e. The van der Waals surface area contributed by atoms with Gasteiger partial charge in [0.25, 0.3) is 0 Å². The Labute approximate surface area is 169 Å². The number of ether oxygens (including phenoxy) is 4. The standard InChI is InChI=1S/C21H25N3O5/c1-26-17-11-14-3-6-24-16(15(14)12-18(17)27-2)13-19(22-20(24)25)23-7-4-21(5-8-23)28-9-10-29-21/h11-13H,3-10H2,1-2H3. The molecule has 0 unspecified atom stereocenters. The summed E-state index contributed by atoms with van der Waals surface area (Å²) in [4.78, 5) is 19.3. The van der Waals surface area contributed by atoms with Crippen LogP contribution in [-0.4, -0.2) is 55.9 Å². The van der Waals surface area contributed by atoms with Crippen LogP contribution in [0.25, 0.3) is 11.3 Å². The van der Waals surface area contributed by atoms with Gasteiger partial charge >= 0.3 is 5.69 Å². The number of anilines is 1. The second kappa shape index (κ2) is 7.03. The molecule has 2 fully saturated rings. The van der Waals surface area contributed by atoms with Crippen molar-refractivity contribution in [2.24, 2.45) is 0 Å². The molecule has 29 heavy (non-hydrogen) atoms. The van der Waals surface area contributed by atoms with E-state index < -0.39 is 5.79 Å². The third kappa shape index (κ3) is 3.07. The molecule has 4 heterocycles.